The minimum atomic E-state index is -4.38. The largest absolute Gasteiger partial charge is 0.472 e. The maximum Gasteiger partial charge on any atom is 0.472 e. The van der Waals surface area contributed by atoms with Crippen LogP contribution in [0.1, 0.15) is 354 Å². The molecule has 0 amide bonds. The molecule has 0 aromatic heterocycles. The lowest BCUT2D eigenvalue weighted by atomic mass is 10.0. The molecule has 0 saturated heterocycles. The monoisotopic (exact) mass is 1080 g/mol. The van der Waals surface area contributed by atoms with Gasteiger partial charge < -0.3 is 18.9 Å². The van der Waals surface area contributed by atoms with E-state index in [1.807, 2.05) is 21.1 Å². The minimum absolute atomic E-state index is 0.0373. The quantitative estimate of drug-likeness (QED) is 0.0278. The summed E-state index contributed by atoms with van der Waals surface area (Å²) in [4.78, 5) is 35.6. The molecule has 1 N–H and O–H groups in total. The molecular weight excluding hydrogens is 954 g/mol. The van der Waals surface area contributed by atoms with E-state index in [2.05, 4.69) is 13.8 Å². The maximum atomic E-state index is 12.8. The number of nitrogens with zero attached hydrogens (tertiary/aromatic N) is 1. The number of quaternary nitrogens is 1. The SMILES string of the molecule is CCCCCCCCCCCCCCCCCCCCCCCCCCCCCCCCCCCCCCCCC(=O)OC(COC(=O)CCCCCCCCCCCCCCC)COP(=O)(O)OCC[N+](C)(C)C. The number of phosphoric acid groups is 1. The zero-order chi connectivity index (χ0) is 54.9. The first kappa shape index (κ1) is 74.0. The van der Waals surface area contributed by atoms with Gasteiger partial charge in [-0.25, -0.2) is 4.57 Å². The molecule has 0 heterocycles. The fourth-order valence-corrected chi connectivity index (χ4v) is 11.0. The third-order valence-electron chi connectivity index (χ3n) is 15.4. The Bertz CT molecular complexity index is 1230. The Morgan fingerprint density at radius 1 is 0.360 bits per heavy atom. The van der Waals surface area contributed by atoms with Gasteiger partial charge in [0.15, 0.2) is 6.10 Å². The molecule has 0 aromatic rings. The number of hydrogen-bond acceptors (Lipinski definition) is 7. The number of carbonyl (C=O) groups is 2. The van der Waals surface area contributed by atoms with Crippen molar-refractivity contribution in [3.05, 3.63) is 0 Å². The van der Waals surface area contributed by atoms with Gasteiger partial charge in [0.2, 0.25) is 0 Å². The summed E-state index contributed by atoms with van der Waals surface area (Å²) in [7, 11) is 1.50. The highest BCUT2D eigenvalue weighted by molar-refractivity contribution is 7.47. The van der Waals surface area contributed by atoms with Crippen LogP contribution in [-0.2, 0) is 32.7 Å². The first-order chi connectivity index (χ1) is 36.5. The topological polar surface area (TPSA) is 108 Å². The number of ether oxygens (including phenoxy) is 2. The highest BCUT2D eigenvalue weighted by Gasteiger charge is 2.27. The molecule has 0 radical (unpaired) electrons. The van der Waals surface area contributed by atoms with Gasteiger partial charge >= 0.3 is 19.8 Å². The second-order valence-corrected chi connectivity index (χ2v) is 25.7. The van der Waals surface area contributed by atoms with Gasteiger partial charge in [0, 0.05) is 12.8 Å². The Morgan fingerprint density at radius 2 is 0.600 bits per heavy atom. The Hall–Kier alpha value is -0.990. The number of hydrogen-bond donors (Lipinski definition) is 1. The van der Waals surface area contributed by atoms with E-state index in [0.29, 0.717) is 17.4 Å². The Labute approximate surface area is 467 Å². The average molecular weight is 1090 g/mol. The number of rotatable bonds is 63. The van der Waals surface area contributed by atoms with Gasteiger partial charge in [0.05, 0.1) is 27.7 Å². The van der Waals surface area contributed by atoms with Crippen LogP contribution in [0.4, 0.5) is 0 Å². The molecule has 0 aromatic carbocycles. The van der Waals surface area contributed by atoms with E-state index in [1.54, 1.807) is 0 Å². The molecule has 0 spiro atoms. The molecule has 448 valence electrons. The van der Waals surface area contributed by atoms with Crippen LogP contribution in [0.2, 0.25) is 0 Å². The lowest BCUT2D eigenvalue weighted by Gasteiger charge is -2.24. The van der Waals surface area contributed by atoms with Crippen LogP contribution in [0.3, 0.4) is 0 Å². The molecule has 0 bridgehead atoms. The van der Waals surface area contributed by atoms with Crippen LogP contribution < -0.4 is 0 Å². The van der Waals surface area contributed by atoms with Crippen LogP contribution in [0, 0.1) is 0 Å². The highest BCUT2D eigenvalue weighted by Crippen LogP contribution is 2.43. The molecule has 10 heteroatoms. The molecule has 0 aliphatic heterocycles. The summed E-state index contributed by atoms with van der Waals surface area (Å²) >= 11 is 0. The summed E-state index contributed by atoms with van der Waals surface area (Å²) < 4.78 is 34.6. The predicted octanol–water partition coefficient (Wildman–Crippen LogP) is 21.0. The van der Waals surface area contributed by atoms with Crippen molar-refractivity contribution >= 4 is 19.8 Å². The van der Waals surface area contributed by atoms with Crippen molar-refractivity contribution in [1.82, 2.24) is 0 Å². The van der Waals surface area contributed by atoms with E-state index in [9.17, 15) is 19.0 Å². The molecular formula is C65H131NO8P+. The van der Waals surface area contributed by atoms with Gasteiger partial charge in [-0.1, -0.05) is 328 Å². The van der Waals surface area contributed by atoms with Gasteiger partial charge in [0.1, 0.15) is 19.8 Å². The minimum Gasteiger partial charge on any atom is -0.462 e. The van der Waals surface area contributed by atoms with Gasteiger partial charge in [-0.3, -0.25) is 18.6 Å². The summed E-state index contributed by atoms with van der Waals surface area (Å²) in [6.07, 6.45) is 68.0. The smallest absolute Gasteiger partial charge is 0.462 e. The van der Waals surface area contributed by atoms with E-state index in [-0.39, 0.29) is 25.6 Å². The molecule has 0 aliphatic rings. The third kappa shape index (κ3) is 62.1. The fraction of sp³-hybridized carbons (Fsp3) is 0.969. The van der Waals surface area contributed by atoms with E-state index in [1.165, 1.54) is 289 Å². The second-order valence-electron chi connectivity index (χ2n) is 24.2. The van der Waals surface area contributed by atoms with Crippen molar-refractivity contribution in [2.24, 2.45) is 0 Å². The predicted molar refractivity (Wildman–Crippen MR) is 322 cm³/mol. The van der Waals surface area contributed by atoms with E-state index < -0.39 is 26.5 Å². The van der Waals surface area contributed by atoms with Crippen LogP contribution >= 0.6 is 7.82 Å². The van der Waals surface area contributed by atoms with Crippen LogP contribution in [0.5, 0.6) is 0 Å². The first-order valence-electron chi connectivity index (χ1n) is 33.3. The highest BCUT2D eigenvalue weighted by atomic mass is 31.2. The standard InChI is InChI=1S/C65H130NO8P/c1-6-8-10-12-14-16-18-20-21-22-23-24-25-26-27-28-29-30-31-32-33-34-35-36-37-38-39-40-41-42-43-44-46-48-50-52-54-56-58-65(68)74-63(62-73-75(69,70)72-60-59-66(3,4)5)61-71-64(67)57-55-53-51-49-47-45-19-17-15-13-11-9-7-2/h63H,6-62H2,1-5H3/p+1. The summed E-state index contributed by atoms with van der Waals surface area (Å²) in [5.41, 5.74) is 0. The summed E-state index contributed by atoms with van der Waals surface area (Å²) in [5, 5.41) is 0. The molecule has 0 rings (SSSR count). The van der Waals surface area contributed by atoms with E-state index in [4.69, 9.17) is 18.5 Å². The van der Waals surface area contributed by atoms with Crippen molar-refractivity contribution in [1.29, 1.82) is 0 Å². The summed E-state index contributed by atoms with van der Waals surface area (Å²) in [6.45, 7) is 4.50. The molecule has 2 unspecified atom stereocenters. The third-order valence-corrected chi connectivity index (χ3v) is 16.4. The number of unbranched alkanes of at least 4 members (excludes halogenated alkanes) is 49. The average Bonchev–Trinajstić information content (AvgIpc) is 3.37. The normalized spacial score (nSPS) is 13.1. The molecule has 0 saturated carbocycles. The molecule has 0 fully saturated rings. The number of likely N-dealkylation sites (N-methyl/N-ethyl adjacent to an activating group) is 1. The lowest BCUT2D eigenvalue weighted by molar-refractivity contribution is -0.870. The Kier molecular flexibility index (Phi) is 56.9. The van der Waals surface area contributed by atoms with Gasteiger partial charge in [-0.15, -0.1) is 0 Å². The number of esters is 2. The zero-order valence-corrected chi connectivity index (χ0v) is 52.0. The summed E-state index contributed by atoms with van der Waals surface area (Å²) in [6, 6.07) is 0. The Balaban J connectivity index is 3.83. The van der Waals surface area contributed by atoms with Crippen molar-refractivity contribution in [3.63, 3.8) is 0 Å². The van der Waals surface area contributed by atoms with E-state index >= 15 is 0 Å². The van der Waals surface area contributed by atoms with Crippen LogP contribution in [0.15, 0.2) is 0 Å². The van der Waals surface area contributed by atoms with Crippen molar-refractivity contribution in [2.45, 2.75) is 360 Å². The van der Waals surface area contributed by atoms with Crippen LogP contribution in [0.25, 0.3) is 0 Å². The van der Waals surface area contributed by atoms with Crippen LogP contribution in [-0.4, -0.2) is 74.9 Å². The zero-order valence-electron chi connectivity index (χ0n) is 51.1. The molecule has 0 aliphatic carbocycles. The van der Waals surface area contributed by atoms with Gasteiger partial charge in [-0.2, -0.15) is 0 Å². The summed E-state index contributed by atoms with van der Waals surface area (Å²) in [5.74, 6) is -0.774. The Morgan fingerprint density at radius 3 is 0.853 bits per heavy atom. The number of phosphoric ester groups is 1. The van der Waals surface area contributed by atoms with E-state index in [0.717, 1.165) is 38.5 Å². The van der Waals surface area contributed by atoms with Gasteiger partial charge in [0.25, 0.3) is 0 Å². The van der Waals surface area contributed by atoms with Crippen molar-refractivity contribution < 1.29 is 42.1 Å². The lowest BCUT2D eigenvalue weighted by Crippen LogP contribution is -2.37. The molecule has 2 atom stereocenters. The fourth-order valence-electron chi connectivity index (χ4n) is 10.3. The first-order valence-corrected chi connectivity index (χ1v) is 34.8. The molecule has 75 heavy (non-hydrogen) atoms. The van der Waals surface area contributed by atoms with Gasteiger partial charge in [-0.05, 0) is 12.8 Å². The second kappa shape index (κ2) is 57.7. The number of carbonyl (C=O) groups excluding carboxylic acids is 2. The maximum absolute atomic E-state index is 12.8. The van der Waals surface area contributed by atoms with Crippen molar-refractivity contribution in [3.8, 4) is 0 Å². The molecule has 9 nitrogen and oxygen atoms in total. The van der Waals surface area contributed by atoms with Crippen molar-refractivity contribution in [2.75, 3.05) is 47.5 Å².